The van der Waals surface area contributed by atoms with E-state index in [1.165, 1.54) is 25.1 Å². The van der Waals surface area contributed by atoms with Gasteiger partial charge in [0.25, 0.3) is 0 Å². The van der Waals surface area contributed by atoms with Crippen molar-refractivity contribution < 1.29 is 0 Å². The number of hydrogen-bond donors (Lipinski definition) is 2. The lowest BCUT2D eigenvalue weighted by Gasteiger charge is -2.16. The van der Waals surface area contributed by atoms with Crippen LogP contribution in [0.3, 0.4) is 0 Å². The second-order valence-electron chi connectivity index (χ2n) is 5.48. The summed E-state index contributed by atoms with van der Waals surface area (Å²) in [6.07, 6.45) is 1.27. The van der Waals surface area contributed by atoms with Gasteiger partial charge in [0.05, 0.1) is 0 Å². The Balaban J connectivity index is 1.72. The number of benzene rings is 1. The molecule has 1 aliphatic rings. The molecule has 1 aromatic rings. The van der Waals surface area contributed by atoms with Gasteiger partial charge in [0.15, 0.2) is 5.96 Å². The van der Waals surface area contributed by atoms with Crippen molar-refractivity contribution in [2.45, 2.75) is 19.9 Å². The third kappa shape index (κ3) is 5.21. The van der Waals surface area contributed by atoms with Gasteiger partial charge in [-0.25, -0.2) is 0 Å². The topological polar surface area (TPSA) is 39.7 Å². The molecular weight excluding hydrogens is 284 g/mol. The van der Waals surface area contributed by atoms with Crippen LogP contribution in [0.1, 0.15) is 18.9 Å². The average molecular weight is 309 g/mol. The Labute approximate surface area is 132 Å². The molecule has 2 N–H and O–H groups in total. The molecule has 1 atom stereocenters. The fourth-order valence-corrected chi connectivity index (χ4v) is 2.74. The number of halogens is 1. The zero-order valence-corrected chi connectivity index (χ0v) is 13.7. The minimum atomic E-state index is 0.721. The molecule has 1 heterocycles. The Morgan fingerprint density at radius 2 is 2.10 bits per heavy atom. The van der Waals surface area contributed by atoms with E-state index in [0.29, 0.717) is 0 Å². The fourth-order valence-electron chi connectivity index (χ4n) is 2.62. The summed E-state index contributed by atoms with van der Waals surface area (Å²) in [6, 6.07) is 7.87. The quantitative estimate of drug-likeness (QED) is 0.648. The van der Waals surface area contributed by atoms with Crippen LogP contribution in [0, 0.1) is 5.92 Å². The summed E-state index contributed by atoms with van der Waals surface area (Å²) in [5, 5.41) is 7.53. The van der Waals surface area contributed by atoms with Crippen LogP contribution >= 0.6 is 11.6 Å². The molecule has 0 aliphatic carbocycles. The predicted octanol–water partition coefficient (Wildman–Crippen LogP) is 2.35. The summed E-state index contributed by atoms with van der Waals surface area (Å²) in [7, 11) is 1.81. The van der Waals surface area contributed by atoms with Gasteiger partial charge in [0, 0.05) is 31.7 Å². The second-order valence-corrected chi connectivity index (χ2v) is 5.92. The molecule has 1 unspecified atom stereocenters. The van der Waals surface area contributed by atoms with Crippen molar-refractivity contribution in [1.82, 2.24) is 15.5 Å². The van der Waals surface area contributed by atoms with Crippen LogP contribution in [-0.4, -0.2) is 44.1 Å². The van der Waals surface area contributed by atoms with Gasteiger partial charge in [0.2, 0.25) is 0 Å². The Morgan fingerprint density at radius 1 is 1.33 bits per heavy atom. The molecule has 0 saturated carbocycles. The Morgan fingerprint density at radius 3 is 2.71 bits per heavy atom. The zero-order valence-electron chi connectivity index (χ0n) is 12.9. The van der Waals surface area contributed by atoms with Crippen LogP contribution in [0.4, 0.5) is 0 Å². The van der Waals surface area contributed by atoms with Gasteiger partial charge >= 0.3 is 0 Å². The second kappa shape index (κ2) is 8.25. The van der Waals surface area contributed by atoms with Crippen molar-refractivity contribution in [3.05, 3.63) is 34.9 Å². The van der Waals surface area contributed by atoms with E-state index in [-0.39, 0.29) is 0 Å². The molecule has 0 radical (unpaired) electrons. The maximum atomic E-state index is 5.89. The first-order valence-electron chi connectivity index (χ1n) is 7.62. The molecule has 116 valence electrons. The summed E-state index contributed by atoms with van der Waals surface area (Å²) in [5.74, 6) is 1.58. The normalized spacial score (nSPS) is 19.8. The van der Waals surface area contributed by atoms with Crippen molar-refractivity contribution >= 4 is 17.6 Å². The first-order chi connectivity index (χ1) is 10.2. The van der Waals surface area contributed by atoms with E-state index in [1.807, 2.05) is 31.3 Å². The van der Waals surface area contributed by atoms with Crippen LogP contribution < -0.4 is 10.6 Å². The highest BCUT2D eigenvalue weighted by Gasteiger charge is 2.20. The third-order valence-electron chi connectivity index (χ3n) is 3.97. The fraction of sp³-hybridized carbons (Fsp3) is 0.562. The molecule has 21 heavy (non-hydrogen) atoms. The van der Waals surface area contributed by atoms with Crippen molar-refractivity contribution in [2.24, 2.45) is 10.9 Å². The lowest BCUT2D eigenvalue weighted by atomic mass is 10.1. The molecule has 1 aliphatic heterocycles. The lowest BCUT2D eigenvalue weighted by Crippen LogP contribution is -2.39. The summed E-state index contributed by atoms with van der Waals surface area (Å²) in [4.78, 5) is 6.77. The van der Waals surface area contributed by atoms with Gasteiger partial charge in [0.1, 0.15) is 0 Å². The number of likely N-dealkylation sites (tertiary alicyclic amines) is 1. The van der Waals surface area contributed by atoms with Crippen LogP contribution in [0.5, 0.6) is 0 Å². The molecule has 1 fully saturated rings. The predicted molar refractivity (Wildman–Crippen MR) is 89.9 cm³/mol. The van der Waals surface area contributed by atoms with Gasteiger partial charge in [-0.2, -0.15) is 0 Å². The number of hydrogen-bond acceptors (Lipinski definition) is 2. The Kier molecular flexibility index (Phi) is 6.33. The van der Waals surface area contributed by atoms with Crippen LogP contribution in [0.25, 0.3) is 0 Å². The highest BCUT2D eigenvalue weighted by Crippen LogP contribution is 2.14. The van der Waals surface area contributed by atoms with Gasteiger partial charge in [-0.15, -0.1) is 0 Å². The number of nitrogens with one attached hydrogen (secondary N) is 2. The molecule has 0 spiro atoms. The largest absolute Gasteiger partial charge is 0.356 e. The van der Waals surface area contributed by atoms with Crippen molar-refractivity contribution in [2.75, 3.05) is 33.2 Å². The molecule has 0 bridgehead atoms. The molecule has 1 aromatic carbocycles. The zero-order chi connectivity index (χ0) is 15.1. The smallest absolute Gasteiger partial charge is 0.191 e. The van der Waals surface area contributed by atoms with Crippen LogP contribution in [0.2, 0.25) is 5.02 Å². The molecule has 0 aromatic heterocycles. The summed E-state index contributed by atoms with van der Waals surface area (Å²) in [6.45, 7) is 7.53. The standard InChI is InChI=1S/C16H25ClN4/c1-3-21-9-8-14(12-21)11-20-16(18-2)19-10-13-4-6-15(17)7-5-13/h4-7,14H,3,8-12H2,1-2H3,(H2,18,19,20). The van der Waals surface area contributed by atoms with E-state index < -0.39 is 0 Å². The van der Waals surface area contributed by atoms with Crippen LogP contribution in [0.15, 0.2) is 29.3 Å². The summed E-state index contributed by atoms with van der Waals surface area (Å²) >= 11 is 5.89. The van der Waals surface area contributed by atoms with Gasteiger partial charge in [-0.05, 0) is 43.1 Å². The first-order valence-corrected chi connectivity index (χ1v) is 8.00. The molecule has 0 amide bonds. The third-order valence-corrected chi connectivity index (χ3v) is 4.22. The molecule has 5 heteroatoms. The number of rotatable bonds is 5. The van der Waals surface area contributed by atoms with E-state index in [4.69, 9.17) is 11.6 Å². The minimum absolute atomic E-state index is 0.721. The molecule has 1 saturated heterocycles. The van der Waals surface area contributed by atoms with E-state index in [0.717, 1.165) is 36.5 Å². The summed E-state index contributed by atoms with van der Waals surface area (Å²) < 4.78 is 0. The maximum Gasteiger partial charge on any atom is 0.191 e. The number of guanidine groups is 1. The van der Waals surface area contributed by atoms with Gasteiger partial charge in [-0.1, -0.05) is 30.7 Å². The first kappa shape index (κ1) is 16.1. The summed E-state index contributed by atoms with van der Waals surface area (Å²) in [5.41, 5.74) is 1.19. The Hall–Kier alpha value is -1.26. The van der Waals surface area contributed by atoms with E-state index in [9.17, 15) is 0 Å². The van der Waals surface area contributed by atoms with Gasteiger partial charge < -0.3 is 15.5 Å². The highest BCUT2D eigenvalue weighted by molar-refractivity contribution is 6.30. The van der Waals surface area contributed by atoms with Gasteiger partial charge in [-0.3, -0.25) is 4.99 Å². The maximum absolute atomic E-state index is 5.89. The average Bonchev–Trinajstić information content (AvgIpc) is 2.97. The lowest BCUT2D eigenvalue weighted by molar-refractivity contribution is 0.342. The van der Waals surface area contributed by atoms with E-state index >= 15 is 0 Å². The number of nitrogens with zero attached hydrogens (tertiary/aromatic N) is 2. The highest BCUT2D eigenvalue weighted by atomic mass is 35.5. The van der Waals surface area contributed by atoms with E-state index in [1.54, 1.807) is 0 Å². The molecular formula is C16H25ClN4. The van der Waals surface area contributed by atoms with Crippen molar-refractivity contribution in [3.63, 3.8) is 0 Å². The SMILES string of the molecule is CCN1CCC(CNC(=NC)NCc2ccc(Cl)cc2)C1. The molecule has 2 rings (SSSR count). The van der Waals surface area contributed by atoms with E-state index in [2.05, 4.69) is 27.4 Å². The van der Waals surface area contributed by atoms with Crippen molar-refractivity contribution in [3.8, 4) is 0 Å². The minimum Gasteiger partial charge on any atom is -0.356 e. The number of aliphatic imine (C=N–C) groups is 1. The van der Waals surface area contributed by atoms with Crippen LogP contribution in [-0.2, 0) is 6.54 Å². The Bertz CT molecular complexity index is 458. The van der Waals surface area contributed by atoms with Crippen molar-refractivity contribution in [1.29, 1.82) is 0 Å². The molecule has 4 nitrogen and oxygen atoms in total. The monoisotopic (exact) mass is 308 g/mol.